The number of nitrogens with zero attached hydrogens (tertiary/aromatic N) is 2. The Morgan fingerprint density at radius 3 is 2.94 bits per heavy atom. The zero-order chi connectivity index (χ0) is 11.0. The lowest BCUT2D eigenvalue weighted by Crippen LogP contribution is -1.94. The number of ether oxygens (including phenoxy) is 1. The summed E-state index contributed by atoms with van der Waals surface area (Å²) in [7, 11) is 1.67. The Balaban J connectivity index is 2.34. The van der Waals surface area contributed by atoms with E-state index in [4.69, 9.17) is 4.74 Å². The number of rotatable bonds is 2. The average molecular weight is 230 g/mol. The van der Waals surface area contributed by atoms with Gasteiger partial charge in [-0.2, -0.15) is 0 Å². The molecule has 3 heterocycles. The van der Waals surface area contributed by atoms with Crippen molar-refractivity contribution in [3.05, 3.63) is 41.9 Å². The van der Waals surface area contributed by atoms with Crippen LogP contribution in [0.1, 0.15) is 0 Å². The SMILES string of the molecule is COc1cccc2cnc(-c3cccs3)n12. The van der Waals surface area contributed by atoms with Crippen molar-refractivity contribution < 1.29 is 4.74 Å². The van der Waals surface area contributed by atoms with Crippen LogP contribution in [0.3, 0.4) is 0 Å². The van der Waals surface area contributed by atoms with E-state index in [9.17, 15) is 0 Å². The van der Waals surface area contributed by atoms with Crippen molar-refractivity contribution in [3.8, 4) is 16.6 Å². The minimum atomic E-state index is 0.804. The first-order chi connectivity index (χ1) is 7.90. The molecule has 3 rings (SSSR count). The fourth-order valence-electron chi connectivity index (χ4n) is 1.76. The largest absolute Gasteiger partial charge is 0.482 e. The van der Waals surface area contributed by atoms with Gasteiger partial charge in [-0.1, -0.05) is 12.1 Å². The van der Waals surface area contributed by atoms with Gasteiger partial charge in [-0.3, -0.25) is 4.40 Å². The van der Waals surface area contributed by atoms with Gasteiger partial charge in [0.25, 0.3) is 0 Å². The third-order valence-corrected chi connectivity index (χ3v) is 3.33. The molecule has 0 fully saturated rings. The first kappa shape index (κ1) is 9.42. The summed E-state index contributed by atoms with van der Waals surface area (Å²) in [5, 5.41) is 2.05. The average Bonchev–Trinajstić information content (AvgIpc) is 2.96. The second-order valence-corrected chi connectivity index (χ2v) is 4.34. The molecule has 0 atom stereocenters. The standard InChI is InChI=1S/C12H10N2OS/c1-15-11-6-2-4-9-8-13-12(14(9)11)10-5-3-7-16-10/h2-8H,1H3. The van der Waals surface area contributed by atoms with Crippen molar-refractivity contribution in [3.63, 3.8) is 0 Å². The molecule has 3 aromatic rings. The molecule has 4 heteroatoms. The van der Waals surface area contributed by atoms with E-state index in [0.29, 0.717) is 0 Å². The van der Waals surface area contributed by atoms with Gasteiger partial charge in [0.05, 0.1) is 23.7 Å². The van der Waals surface area contributed by atoms with Crippen LogP contribution in [0.4, 0.5) is 0 Å². The van der Waals surface area contributed by atoms with E-state index >= 15 is 0 Å². The molecule has 0 radical (unpaired) electrons. The molecule has 0 amide bonds. The summed E-state index contributed by atoms with van der Waals surface area (Å²) >= 11 is 1.68. The Morgan fingerprint density at radius 2 is 2.19 bits per heavy atom. The third kappa shape index (κ3) is 1.31. The molecule has 3 aromatic heterocycles. The number of thiophene rings is 1. The van der Waals surface area contributed by atoms with E-state index in [1.807, 2.05) is 40.2 Å². The normalized spacial score (nSPS) is 10.8. The molecule has 0 bridgehead atoms. The zero-order valence-corrected chi connectivity index (χ0v) is 9.57. The second-order valence-electron chi connectivity index (χ2n) is 3.39. The summed E-state index contributed by atoms with van der Waals surface area (Å²) in [4.78, 5) is 5.58. The lowest BCUT2D eigenvalue weighted by atomic mass is 10.4. The molecule has 16 heavy (non-hydrogen) atoms. The number of fused-ring (bicyclic) bond motifs is 1. The maximum Gasteiger partial charge on any atom is 0.199 e. The summed E-state index contributed by atoms with van der Waals surface area (Å²) < 4.78 is 7.37. The Hall–Kier alpha value is -1.81. The van der Waals surface area contributed by atoms with Crippen LogP contribution in [0, 0.1) is 0 Å². The van der Waals surface area contributed by atoms with Crippen molar-refractivity contribution in [2.75, 3.05) is 7.11 Å². The molecule has 0 saturated carbocycles. The molecular weight excluding hydrogens is 220 g/mol. The monoisotopic (exact) mass is 230 g/mol. The molecule has 0 aromatic carbocycles. The molecule has 0 aliphatic rings. The maximum absolute atomic E-state index is 5.35. The van der Waals surface area contributed by atoms with Crippen LogP contribution in [-0.2, 0) is 0 Å². The smallest absolute Gasteiger partial charge is 0.199 e. The molecular formula is C12H10N2OS. The maximum atomic E-state index is 5.35. The fraction of sp³-hybridized carbons (Fsp3) is 0.0833. The quantitative estimate of drug-likeness (QED) is 0.676. The fourth-order valence-corrected chi connectivity index (χ4v) is 2.47. The number of pyridine rings is 1. The van der Waals surface area contributed by atoms with Crippen LogP contribution in [0.25, 0.3) is 16.2 Å². The van der Waals surface area contributed by atoms with Gasteiger partial charge in [-0.25, -0.2) is 4.98 Å². The van der Waals surface area contributed by atoms with Crippen LogP contribution in [-0.4, -0.2) is 16.5 Å². The van der Waals surface area contributed by atoms with Crippen LogP contribution >= 0.6 is 11.3 Å². The van der Waals surface area contributed by atoms with Crippen molar-refractivity contribution in [2.24, 2.45) is 0 Å². The molecule has 3 nitrogen and oxygen atoms in total. The van der Waals surface area contributed by atoms with E-state index in [1.54, 1.807) is 18.4 Å². The summed E-state index contributed by atoms with van der Waals surface area (Å²) in [5.74, 6) is 1.74. The zero-order valence-electron chi connectivity index (χ0n) is 8.75. The molecule has 0 aliphatic heterocycles. The Morgan fingerprint density at radius 1 is 1.25 bits per heavy atom. The number of imidazole rings is 1. The molecule has 0 spiro atoms. The third-order valence-electron chi connectivity index (χ3n) is 2.47. The summed E-state index contributed by atoms with van der Waals surface area (Å²) in [6.07, 6.45) is 1.86. The van der Waals surface area contributed by atoms with Crippen molar-refractivity contribution in [2.45, 2.75) is 0 Å². The van der Waals surface area contributed by atoms with Gasteiger partial charge in [0.2, 0.25) is 0 Å². The van der Waals surface area contributed by atoms with Gasteiger partial charge in [-0.15, -0.1) is 11.3 Å². The van der Waals surface area contributed by atoms with Gasteiger partial charge < -0.3 is 4.74 Å². The van der Waals surface area contributed by atoms with Crippen molar-refractivity contribution in [1.29, 1.82) is 0 Å². The summed E-state index contributed by atoms with van der Waals surface area (Å²) in [5.41, 5.74) is 1.04. The molecule has 0 unspecified atom stereocenters. The van der Waals surface area contributed by atoms with Gasteiger partial charge >= 0.3 is 0 Å². The van der Waals surface area contributed by atoms with Crippen LogP contribution < -0.4 is 4.74 Å². The Bertz CT molecular complexity index is 613. The van der Waals surface area contributed by atoms with E-state index < -0.39 is 0 Å². The minimum absolute atomic E-state index is 0.804. The van der Waals surface area contributed by atoms with Crippen LogP contribution in [0.15, 0.2) is 41.9 Å². The number of aromatic nitrogens is 2. The van der Waals surface area contributed by atoms with Gasteiger partial charge in [-0.05, 0) is 23.6 Å². The van der Waals surface area contributed by atoms with E-state index in [0.717, 1.165) is 22.1 Å². The van der Waals surface area contributed by atoms with E-state index in [2.05, 4.69) is 11.1 Å². The van der Waals surface area contributed by atoms with Crippen LogP contribution in [0.5, 0.6) is 5.88 Å². The van der Waals surface area contributed by atoms with Gasteiger partial charge in [0.1, 0.15) is 0 Å². The molecule has 0 saturated heterocycles. The van der Waals surface area contributed by atoms with Crippen molar-refractivity contribution >= 4 is 16.9 Å². The minimum Gasteiger partial charge on any atom is -0.482 e. The number of hydrogen-bond acceptors (Lipinski definition) is 3. The molecule has 0 N–H and O–H groups in total. The van der Waals surface area contributed by atoms with Crippen LogP contribution in [0.2, 0.25) is 0 Å². The topological polar surface area (TPSA) is 26.5 Å². The van der Waals surface area contributed by atoms with Gasteiger partial charge in [0, 0.05) is 0 Å². The Kier molecular flexibility index (Phi) is 2.15. The summed E-state index contributed by atoms with van der Waals surface area (Å²) in [6.45, 7) is 0. The highest BCUT2D eigenvalue weighted by Crippen LogP contribution is 2.27. The number of hydrogen-bond donors (Lipinski definition) is 0. The Labute approximate surface area is 96.9 Å². The van der Waals surface area contributed by atoms with E-state index in [-0.39, 0.29) is 0 Å². The predicted molar refractivity (Wildman–Crippen MR) is 65.1 cm³/mol. The van der Waals surface area contributed by atoms with Crippen molar-refractivity contribution in [1.82, 2.24) is 9.38 Å². The molecule has 80 valence electrons. The lowest BCUT2D eigenvalue weighted by molar-refractivity contribution is 0.393. The lowest BCUT2D eigenvalue weighted by Gasteiger charge is -2.05. The summed E-state index contributed by atoms with van der Waals surface area (Å²) in [6, 6.07) is 10.0. The highest BCUT2D eigenvalue weighted by atomic mass is 32.1. The van der Waals surface area contributed by atoms with Gasteiger partial charge in [0.15, 0.2) is 11.7 Å². The second kappa shape index (κ2) is 3.64. The first-order valence-corrected chi connectivity index (χ1v) is 5.82. The number of methoxy groups -OCH3 is 1. The first-order valence-electron chi connectivity index (χ1n) is 4.94. The highest BCUT2D eigenvalue weighted by molar-refractivity contribution is 7.13. The van der Waals surface area contributed by atoms with E-state index in [1.165, 1.54) is 0 Å². The predicted octanol–water partition coefficient (Wildman–Crippen LogP) is 3.07. The molecule has 0 aliphatic carbocycles. The highest BCUT2D eigenvalue weighted by Gasteiger charge is 2.10.